The van der Waals surface area contributed by atoms with Crippen molar-refractivity contribution < 1.29 is 23.2 Å². The summed E-state index contributed by atoms with van der Waals surface area (Å²) in [5.41, 5.74) is 0.378. The number of nitrogens with zero attached hydrogens (tertiary/aromatic N) is 2. The molecule has 1 saturated heterocycles. The largest absolute Gasteiger partial charge is 0.492 e. The molecule has 9 heteroatoms. The lowest BCUT2D eigenvalue weighted by Crippen LogP contribution is -2.35. The van der Waals surface area contributed by atoms with E-state index in [-0.39, 0.29) is 6.61 Å². The molecule has 0 unspecified atom stereocenters. The molecule has 0 radical (unpaired) electrons. The average molecular weight is 314 g/mol. The Morgan fingerprint density at radius 1 is 1.19 bits per heavy atom. The Labute approximate surface area is 125 Å². The number of benzene rings is 1. The van der Waals surface area contributed by atoms with Gasteiger partial charge in [0.25, 0.3) is 10.2 Å². The van der Waals surface area contributed by atoms with Crippen molar-refractivity contribution >= 4 is 22.8 Å². The van der Waals surface area contributed by atoms with E-state index in [9.17, 15) is 8.42 Å². The van der Waals surface area contributed by atoms with E-state index in [1.807, 2.05) is 6.92 Å². The third-order valence-electron chi connectivity index (χ3n) is 3.39. The van der Waals surface area contributed by atoms with Crippen LogP contribution in [0.4, 0.5) is 0 Å². The van der Waals surface area contributed by atoms with Gasteiger partial charge < -0.3 is 14.8 Å². The third-order valence-corrected chi connectivity index (χ3v) is 5.50. The van der Waals surface area contributed by atoms with Crippen LogP contribution in [0, 0.1) is 0 Å². The van der Waals surface area contributed by atoms with E-state index in [1.165, 1.54) is 8.61 Å². The summed E-state index contributed by atoms with van der Waals surface area (Å²) in [6.07, 6.45) is 0. The van der Waals surface area contributed by atoms with Crippen LogP contribution in [0.2, 0.25) is 0 Å². The maximum atomic E-state index is 12.0. The zero-order chi connectivity index (χ0) is 15.5. The van der Waals surface area contributed by atoms with Gasteiger partial charge in [0.1, 0.15) is 12.4 Å². The molecule has 0 bridgehead atoms. The average Bonchev–Trinajstić information content (AvgIpc) is 2.74. The zero-order valence-electron chi connectivity index (χ0n) is 11.8. The molecule has 0 saturated carbocycles. The molecule has 2 N–H and O–H groups in total. The second-order valence-electron chi connectivity index (χ2n) is 4.69. The molecule has 0 aliphatic carbocycles. The number of hydrogen-bond acceptors (Lipinski definition) is 5. The molecule has 0 aromatic heterocycles. The highest BCUT2D eigenvalue weighted by Gasteiger charge is 2.34. The minimum atomic E-state index is -3.33. The third kappa shape index (κ3) is 3.75. The molecular formula is C12H19BN2O5S. The van der Waals surface area contributed by atoms with Gasteiger partial charge in [-0.25, -0.2) is 0 Å². The van der Waals surface area contributed by atoms with Gasteiger partial charge in [0.2, 0.25) is 0 Å². The SMILES string of the molecule is CCN1CCN(CCOc2ccc(B(O)O)cc2)S1(=O)=O. The molecule has 21 heavy (non-hydrogen) atoms. The lowest BCUT2D eigenvalue weighted by atomic mass is 9.80. The first kappa shape index (κ1) is 16.2. The van der Waals surface area contributed by atoms with Crippen molar-refractivity contribution in [3.63, 3.8) is 0 Å². The lowest BCUT2D eigenvalue weighted by Gasteiger charge is -2.17. The number of likely N-dealkylation sites (N-methyl/N-ethyl adjacent to an activating group) is 1. The first-order valence-corrected chi connectivity index (χ1v) is 8.19. The molecule has 0 spiro atoms. The van der Waals surface area contributed by atoms with Gasteiger partial charge in [0.05, 0.1) is 0 Å². The Kier molecular flexibility index (Phi) is 5.23. The van der Waals surface area contributed by atoms with E-state index in [0.717, 1.165) is 0 Å². The van der Waals surface area contributed by atoms with Crippen LogP contribution >= 0.6 is 0 Å². The summed E-state index contributed by atoms with van der Waals surface area (Å²) in [5, 5.41) is 18.0. The van der Waals surface area contributed by atoms with Gasteiger partial charge in [0.15, 0.2) is 0 Å². The van der Waals surface area contributed by atoms with Gasteiger partial charge in [-0.1, -0.05) is 19.1 Å². The van der Waals surface area contributed by atoms with Crippen LogP contribution in [0.5, 0.6) is 5.75 Å². The van der Waals surface area contributed by atoms with E-state index in [0.29, 0.717) is 37.4 Å². The number of ether oxygens (including phenoxy) is 1. The van der Waals surface area contributed by atoms with Crippen molar-refractivity contribution in [2.24, 2.45) is 0 Å². The molecule has 2 rings (SSSR count). The fraction of sp³-hybridized carbons (Fsp3) is 0.500. The molecule has 1 aliphatic heterocycles. The van der Waals surface area contributed by atoms with E-state index < -0.39 is 17.3 Å². The van der Waals surface area contributed by atoms with Gasteiger partial charge in [0, 0.05) is 26.2 Å². The van der Waals surface area contributed by atoms with Crippen molar-refractivity contribution in [3.05, 3.63) is 24.3 Å². The fourth-order valence-electron chi connectivity index (χ4n) is 2.17. The summed E-state index contributed by atoms with van der Waals surface area (Å²) >= 11 is 0. The fourth-order valence-corrected chi connectivity index (χ4v) is 3.75. The minimum Gasteiger partial charge on any atom is -0.492 e. The smallest absolute Gasteiger partial charge is 0.488 e. The van der Waals surface area contributed by atoms with Gasteiger partial charge in [-0.15, -0.1) is 0 Å². The lowest BCUT2D eigenvalue weighted by molar-refractivity contribution is 0.280. The van der Waals surface area contributed by atoms with Crippen LogP contribution in [0.1, 0.15) is 6.92 Å². The summed E-state index contributed by atoms with van der Waals surface area (Å²) in [5.74, 6) is 0.559. The highest BCUT2D eigenvalue weighted by molar-refractivity contribution is 7.87. The predicted molar refractivity (Wildman–Crippen MR) is 79.5 cm³/mol. The van der Waals surface area contributed by atoms with Crippen molar-refractivity contribution in [3.8, 4) is 5.75 Å². The molecule has 1 fully saturated rings. The van der Waals surface area contributed by atoms with Crippen LogP contribution < -0.4 is 10.2 Å². The second-order valence-corrected chi connectivity index (χ2v) is 6.62. The van der Waals surface area contributed by atoms with Gasteiger partial charge >= 0.3 is 7.12 Å². The maximum absolute atomic E-state index is 12.0. The number of rotatable bonds is 6. The Morgan fingerprint density at radius 3 is 2.33 bits per heavy atom. The second kappa shape index (κ2) is 6.76. The molecule has 1 aliphatic rings. The van der Waals surface area contributed by atoms with Crippen molar-refractivity contribution in [2.45, 2.75) is 6.92 Å². The van der Waals surface area contributed by atoms with Gasteiger partial charge in [-0.2, -0.15) is 17.0 Å². The Bertz CT molecular complexity index is 564. The molecule has 7 nitrogen and oxygen atoms in total. The zero-order valence-corrected chi connectivity index (χ0v) is 12.7. The Balaban J connectivity index is 1.85. The summed E-state index contributed by atoms with van der Waals surface area (Å²) in [4.78, 5) is 0. The first-order valence-electron chi connectivity index (χ1n) is 6.79. The van der Waals surface area contributed by atoms with Crippen LogP contribution in [0.25, 0.3) is 0 Å². The number of hydrogen-bond donors (Lipinski definition) is 2. The van der Waals surface area contributed by atoms with E-state index in [2.05, 4.69) is 0 Å². The Hall–Kier alpha value is -1.13. The Morgan fingerprint density at radius 2 is 1.81 bits per heavy atom. The highest BCUT2D eigenvalue weighted by atomic mass is 32.2. The van der Waals surface area contributed by atoms with Crippen molar-refractivity contribution in [1.82, 2.24) is 8.61 Å². The molecule has 1 aromatic rings. The normalized spacial score (nSPS) is 18.8. The van der Waals surface area contributed by atoms with Crippen LogP contribution in [0.3, 0.4) is 0 Å². The topological polar surface area (TPSA) is 90.3 Å². The minimum absolute atomic E-state index is 0.248. The molecule has 0 amide bonds. The van der Waals surface area contributed by atoms with E-state index >= 15 is 0 Å². The molecule has 1 aromatic carbocycles. The van der Waals surface area contributed by atoms with Crippen LogP contribution in [-0.2, 0) is 10.2 Å². The monoisotopic (exact) mass is 314 g/mol. The molecule has 116 valence electrons. The van der Waals surface area contributed by atoms with Gasteiger partial charge in [-0.3, -0.25) is 0 Å². The van der Waals surface area contributed by atoms with Crippen LogP contribution in [0.15, 0.2) is 24.3 Å². The summed E-state index contributed by atoms with van der Waals surface area (Å²) < 4.78 is 32.4. The standard InChI is InChI=1S/C12H19BN2O5S/c1-2-14-7-8-15(21(14,18)19)9-10-20-12-5-3-11(4-6-12)13(16)17/h3-6,16-17H,2,7-10H2,1H3. The van der Waals surface area contributed by atoms with E-state index in [4.69, 9.17) is 14.8 Å². The molecule has 0 atom stereocenters. The van der Waals surface area contributed by atoms with Crippen molar-refractivity contribution in [1.29, 1.82) is 0 Å². The molecular weight excluding hydrogens is 295 g/mol. The summed E-state index contributed by atoms with van der Waals surface area (Å²) in [6.45, 7) is 3.83. The van der Waals surface area contributed by atoms with Gasteiger partial charge in [-0.05, 0) is 17.6 Å². The maximum Gasteiger partial charge on any atom is 0.488 e. The van der Waals surface area contributed by atoms with Crippen molar-refractivity contribution in [2.75, 3.05) is 32.8 Å². The first-order chi connectivity index (χ1) is 9.95. The highest BCUT2D eigenvalue weighted by Crippen LogP contribution is 2.15. The van der Waals surface area contributed by atoms with Crippen LogP contribution in [-0.4, -0.2) is 67.0 Å². The van der Waals surface area contributed by atoms with E-state index in [1.54, 1.807) is 24.3 Å². The summed E-state index contributed by atoms with van der Waals surface area (Å²) in [6, 6.07) is 6.33. The quantitative estimate of drug-likeness (QED) is 0.632. The molecule has 1 heterocycles. The summed E-state index contributed by atoms with van der Waals surface area (Å²) in [7, 11) is -4.84. The predicted octanol–water partition coefficient (Wildman–Crippen LogP) is -1.37.